The van der Waals surface area contributed by atoms with Crippen molar-refractivity contribution in [3.05, 3.63) is 52.5 Å². The van der Waals surface area contributed by atoms with Crippen LogP contribution in [0, 0.1) is 12.8 Å². The topological polar surface area (TPSA) is 71.1 Å². The Labute approximate surface area is 173 Å². The molecule has 0 saturated carbocycles. The van der Waals surface area contributed by atoms with Gasteiger partial charge in [0, 0.05) is 23.0 Å². The van der Waals surface area contributed by atoms with Gasteiger partial charge in [-0.05, 0) is 48.7 Å². The molecule has 28 heavy (non-hydrogen) atoms. The Morgan fingerprint density at radius 3 is 2.68 bits per heavy atom. The van der Waals surface area contributed by atoms with Crippen LogP contribution in [0.4, 0.5) is 10.8 Å². The van der Waals surface area contributed by atoms with Crippen molar-refractivity contribution in [2.75, 3.05) is 10.6 Å². The molecule has 7 heteroatoms. The molecule has 2 aromatic carbocycles. The number of hydrogen-bond donors (Lipinski definition) is 2. The van der Waals surface area contributed by atoms with Gasteiger partial charge in [-0.2, -0.15) is 0 Å². The molecular formula is C21H22ClN3O2S. The van der Waals surface area contributed by atoms with Crippen LogP contribution in [0.15, 0.2) is 36.4 Å². The molecule has 1 aromatic heterocycles. The fourth-order valence-electron chi connectivity index (χ4n) is 2.63. The van der Waals surface area contributed by atoms with Crippen molar-refractivity contribution in [3.8, 4) is 0 Å². The molecule has 0 aliphatic carbocycles. The number of aryl methyl sites for hydroxylation is 2. The van der Waals surface area contributed by atoms with Gasteiger partial charge in [0.1, 0.15) is 0 Å². The second-order valence-corrected chi connectivity index (χ2v) is 8.44. The molecule has 0 radical (unpaired) electrons. The number of rotatable bonds is 6. The van der Waals surface area contributed by atoms with Crippen molar-refractivity contribution >= 4 is 55.8 Å². The fraction of sp³-hybridized carbons (Fsp3) is 0.286. The fourth-order valence-corrected chi connectivity index (χ4v) is 3.73. The van der Waals surface area contributed by atoms with Crippen molar-refractivity contribution < 1.29 is 9.59 Å². The van der Waals surface area contributed by atoms with Gasteiger partial charge >= 0.3 is 0 Å². The highest BCUT2D eigenvalue weighted by Crippen LogP contribution is 2.27. The first-order valence-electron chi connectivity index (χ1n) is 9.08. The van der Waals surface area contributed by atoms with Crippen LogP contribution in [0.25, 0.3) is 10.2 Å². The predicted octanol–water partition coefficient (Wildman–Crippen LogP) is 5.42. The summed E-state index contributed by atoms with van der Waals surface area (Å²) in [5, 5.41) is 6.94. The maximum Gasteiger partial charge on any atom is 0.228 e. The van der Waals surface area contributed by atoms with Crippen molar-refractivity contribution in [1.82, 2.24) is 4.98 Å². The van der Waals surface area contributed by atoms with Gasteiger partial charge in [-0.3, -0.25) is 9.59 Å². The molecule has 2 N–H and O–H groups in total. The van der Waals surface area contributed by atoms with Crippen LogP contribution in [0.1, 0.15) is 31.4 Å². The first-order chi connectivity index (χ1) is 13.3. The second-order valence-electron chi connectivity index (χ2n) is 6.97. The van der Waals surface area contributed by atoms with Gasteiger partial charge < -0.3 is 10.6 Å². The first-order valence-corrected chi connectivity index (χ1v) is 10.3. The van der Waals surface area contributed by atoms with Gasteiger partial charge in [0.2, 0.25) is 11.8 Å². The maximum atomic E-state index is 12.3. The molecule has 5 nitrogen and oxygen atoms in total. The summed E-state index contributed by atoms with van der Waals surface area (Å²) in [6.07, 6.45) is 0.986. The van der Waals surface area contributed by atoms with E-state index in [4.69, 9.17) is 11.6 Å². The molecule has 0 atom stereocenters. The Kier molecular flexibility index (Phi) is 6.31. The number of nitrogens with one attached hydrogen (secondary N) is 2. The minimum absolute atomic E-state index is 0.0488. The van der Waals surface area contributed by atoms with Gasteiger partial charge in [0.05, 0.1) is 10.2 Å². The number of hydrogen-bond acceptors (Lipinski definition) is 4. The van der Waals surface area contributed by atoms with E-state index in [1.54, 1.807) is 12.1 Å². The lowest BCUT2D eigenvalue weighted by Crippen LogP contribution is -2.17. The van der Waals surface area contributed by atoms with Gasteiger partial charge in [0.15, 0.2) is 5.13 Å². The highest BCUT2D eigenvalue weighted by Gasteiger charge is 2.12. The highest BCUT2D eigenvalue weighted by molar-refractivity contribution is 7.22. The van der Waals surface area contributed by atoms with Gasteiger partial charge in [-0.1, -0.05) is 48.9 Å². The smallest absolute Gasteiger partial charge is 0.228 e. The number of benzene rings is 2. The quantitative estimate of drug-likeness (QED) is 0.564. The molecule has 3 rings (SSSR count). The van der Waals surface area contributed by atoms with Gasteiger partial charge in [-0.15, -0.1) is 0 Å². The van der Waals surface area contributed by atoms with Crippen LogP contribution in [0.3, 0.4) is 0 Å². The molecule has 0 spiro atoms. The van der Waals surface area contributed by atoms with Gasteiger partial charge in [0.25, 0.3) is 0 Å². The Morgan fingerprint density at radius 1 is 1.14 bits per heavy atom. The molecule has 0 saturated heterocycles. The molecule has 146 valence electrons. The molecule has 3 aromatic rings. The third kappa shape index (κ3) is 5.09. The number of nitrogens with zero attached hydrogens (tertiary/aromatic N) is 1. The number of amides is 2. The number of halogens is 1. The van der Waals surface area contributed by atoms with Crippen LogP contribution >= 0.6 is 22.9 Å². The van der Waals surface area contributed by atoms with Crippen LogP contribution < -0.4 is 10.6 Å². The average Bonchev–Trinajstić information content (AvgIpc) is 3.04. The number of anilines is 2. The third-order valence-electron chi connectivity index (χ3n) is 4.32. The van der Waals surface area contributed by atoms with Gasteiger partial charge in [-0.25, -0.2) is 4.98 Å². The zero-order valence-electron chi connectivity index (χ0n) is 16.0. The minimum atomic E-state index is -0.0933. The third-order valence-corrected chi connectivity index (χ3v) is 5.49. The summed E-state index contributed by atoms with van der Waals surface area (Å²) in [6.45, 7) is 5.62. The molecule has 0 aliphatic rings. The van der Waals surface area contributed by atoms with Crippen LogP contribution in [-0.2, 0) is 16.0 Å². The molecule has 1 heterocycles. The number of fused-ring (bicyclic) bond motifs is 1. The van der Waals surface area contributed by atoms with Crippen LogP contribution in [0.5, 0.6) is 0 Å². The number of thiazole rings is 1. The minimum Gasteiger partial charge on any atom is -0.326 e. The Bertz CT molecular complexity index is 1030. The monoisotopic (exact) mass is 415 g/mol. The summed E-state index contributed by atoms with van der Waals surface area (Å²) < 4.78 is 0.989. The Hall–Kier alpha value is -2.44. The van der Waals surface area contributed by atoms with Crippen molar-refractivity contribution in [3.63, 3.8) is 0 Å². The summed E-state index contributed by atoms with van der Waals surface area (Å²) in [5.41, 5.74) is 3.60. The first kappa shape index (κ1) is 20.3. The van der Waals surface area contributed by atoms with E-state index in [0.29, 0.717) is 23.0 Å². The van der Waals surface area contributed by atoms with E-state index in [1.165, 1.54) is 11.3 Å². The van der Waals surface area contributed by atoms with E-state index in [1.807, 2.05) is 45.0 Å². The van der Waals surface area contributed by atoms with E-state index >= 15 is 0 Å². The van der Waals surface area contributed by atoms with E-state index in [-0.39, 0.29) is 17.7 Å². The Morgan fingerprint density at radius 2 is 1.93 bits per heavy atom. The van der Waals surface area contributed by atoms with Crippen molar-refractivity contribution in [2.24, 2.45) is 5.92 Å². The summed E-state index contributed by atoms with van der Waals surface area (Å²) >= 11 is 7.44. The number of carbonyl (C=O) groups is 2. The molecular weight excluding hydrogens is 394 g/mol. The number of aromatic nitrogens is 1. The largest absolute Gasteiger partial charge is 0.326 e. The summed E-state index contributed by atoms with van der Waals surface area (Å²) in [5.74, 6) is -0.198. The van der Waals surface area contributed by atoms with E-state index in [9.17, 15) is 9.59 Å². The predicted molar refractivity (Wildman–Crippen MR) is 116 cm³/mol. The zero-order valence-corrected chi connectivity index (χ0v) is 17.6. The lowest BCUT2D eigenvalue weighted by Gasteiger charge is -2.09. The molecule has 0 unspecified atom stereocenters. The summed E-state index contributed by atoms with van der Waals surface area (Å²) in [6, 6.07) is 11.3. The SMILES string of the molecule is Cc1ccc(Cl)cc1NC(=O)CCc1ccc2nc(NC(=O)C(C)C)sc2c1. The standard InChI is InChI=1S/C21H22ClN3O2S/c1-12(2)20(27)25-21-24-16-8-5-14(10-18(16)28-21)6-9-19(26)23-17-11-15(22)7-4-13(17)3/h4-5,7-8,10-12H,6,9H2,1-3H3,(H,23,26)(H,24,25,27). The van der Waals surface area contributed by atoms with Crippen molar-refractivity contribution in [2.45, 2.75) is 33.6 Å². The second kappa shape index (κ2) is 8.71. The Balaban J connectivity index is 1.63. The molecule has 0 bridgehead atoms. The lowest BCUT2D eigenvalue weighted by molar-refractivity contribution is -0.119. The molecule has 2 amide bonds. The van der Waals surface area contributed by atoms with Crippen LogP contribution in [0.2, 0.25) is 5.02 Å². The zero-order chi connectivity index (χ0) is 20.3. The van der Waals surface area contributed by atoms with E-state index in [2.05, 4.69) is 15.6 Å². The van der Waals surface area contributed by atoms with Crippen LogP contribution in [-0.4, -0.2) is 16.8 Å². The van der Waals surface area contributed by atoms with E-state index < -0.39 is 0 Å². The summed E-state index contributed by atoms with van der Waals surface area (Å²) in [4.78, 5) is 28.6. The molecule has 0 aliphatic heterocycles. The number of carbonyl (C=O) groups excluding carboxylic acids is 2. The average molecular weight is 416 g/mol. The normalized spacial score (nSPS) is 11.0. The van der Waals surface area contributed by atoms with E-state index in [0.717, 1.165) is 27.0 Å². The maximum absolute atomic E-state index is 12.3. The lowest BCUT2D eigenvalue weighted by atomic mass is 10.1. The highest BCUT2D eigenvalue weighted by atomic mass is 35.5. The summed E-state index contributed by atoms with van der Waals surface area (Å²) in [7, 11) is 0. The van der Waals surface area contributed by atoms with Crippen molar-refractivity contribution in [1.29, 1.82) is 0 Å². The molecule has 0 fully saturated rings.